The third-order valence-corrected chi connectivity index (χ3v) is 3.09. The number of amides is 2. The molecule has 2 rings (SSSR count). The van der Waals surface area contributed by atoms with E-state index >= 15 is 0 Å². The Morgan fingerprint density at radius 3 is 2.35 bits per heavy atom. The van der Waals surface area contributed by atoms with Crippen LogP contribution in [0.5, 0.6) is 0 Å². The Morgan fingerprint density at radius 1 is 1.05 bits per heavy atom. The second-order valence-corrected chi connectivity index (χ2v) is 4.65. The van der Waals surface area contributed by atoms with E-state index in [-0.39, 0.29) is 6.03 Å². The van der Waals surface area contributed by atoms with Crippen LogP contribution in [0.3, 0.4) is 0 Å². The highest BCUT2D eigenvalue weighted by Gasteiger charge is 2.04. The highest BCUT2D eigenvalue weighted by atomic mass is 16.2. The minimum atomic E-state index is -0.222. The van der Waals surface area contributed by atoms with Crippen molar-refractivity contribution in [3.8, 4) is 0 Å². The fraction of sp³-hybridized carbons (Fsp3) is 0.188. The van der Waals surface area contributed by atoms with Crippen LogP contribution in [0.1, 0.15) is 16.7 Å². The Balaban J connectivity index is 1.90. The summed E-state index contributed by atoms with van der Waals surface area (Å²) in [5.41, 5.74) is 9.69. The standard InChI is InChI=1S/C16H19N3O/c1-12-6-8-15(9-7-12)19-16(20)18-11-14-5-3-2-4-13(14)10-17/h2-9H,10-11,17H2,1H3,(H2,18,19,20). The first-order valence-electron chi connectivity index (χ1n) is 6.57. The highest BCUT2D eigenvalue weighted by molar-refractivity contribution is 5.89. The molecule has 0 bridgehead atoms. The molecule has 0 spiro atoms. The van der Waals surface area contributed by atoms with Gasteiger partial charge in [0.2, 0.25) is 0 Å². The number of carbonyl (C=O) groups excluding carboxylic acids is 1. The van der Waals surface area contributed by atoms with Crippen molar-refractivity contribution < 1.29 is 4.79 Å². The summed E-state index contributed by atoms with van der Waals surface area (Å²) in [7, 11) is 0. The van der Waals surface area contributed by atoms with Crippen molar-refractivity contribution >= 4 is 11.7 Å². The van der Waals surface area contributed by atoms with E-state index in [9.17, 15) is 4.79 Å². The molecule has 0 aliphatic carbocycles. The van der Waals surface area contributed by atoms with Gasteiger partial charge in [-0.3, -0.25) is 0 Å². The zero-order valence-corrected chi connectivity index (χ0v) is 11.5. The van der Waals surface area contributed by atoms with E-state index in [0.29, 0.717) is 13.1 Å². The van der Waals surface area contributed by atoms with Gasteiger partial charge in [-0.2, -0.15) is 0 Å². The topological polar surface area (TPSA) is 67.2 Å². The van der Waals surface area contributed by atoms with E-state index in [2.05, 4.69) is 10.6 Å². The predicted molar refractivity (Wildman–Crippen MR) is 81.4 cm³/mol. The van der Waals surface area contributed by atoms with Crippen molar-refractivity contribution in [1.29, 1.82) is 0 Å². The molecule has 0 fully saturated rings. The average Bonchev–Trinajstić information content (AvgIpc) is 2.48. The highest BCUT2D eigenvalue weighted by Crippen LogP contribution is 2.09. The summed E-state index contributed by atoms with van der Waals surface area (Å²) < 4.78 is 0. The molecular formula is C16H19N3O. The molecule has 104 valence electrons. The molecule has 2 amide bonds. The second-order valence-electron chi connectivity index (χ2n) is 4.65. The third-order valence-electron chi connectivity index (χ3n) is 3.09. The van der Waals surface area contributed by atoms with Crippen molar-refractivity contribution in [3.05, 3.63) is 65.2 Å². The van der Waals surface area contributed by atoms with Crippen molar-refractivity contribution in [3.63, 3.8) is 0 Å². The van der Waals surface area contributed by atoms with Gasteiger partial charge in [0.1, 0.15) is 0 Å². The number of benzene rings is 2. The molecule has 0 saturated heterocycles. The molecule has 4 nitrogen and oxygen atoms in total. The summed E-state index contributed by atoms with van der Waals surface area (Å²) in [6, 6.07) is 15.3. The molecule has 0 aromatic heterocycles. The van der Waals surface area contributed by atoms with Crippen LogP contribution in [-0.4, -0.2) is 6.03 Å². The molecule has 4 N–H and O–H groups in total. The van der Waals surface area contributed by atoms with E-state index < -0.39 is 0 Å². The van der Waals surface area contributed by atoms with Crippen molar-refractivity contribution in [2.45, 2.75) is 20.0 Å². The van der Waals surface area contributed by atoms with Crippen LogP contribution in [0.25, 0.3) is 0 Å². The first-order valence-corrected chi connectivity index (χ1v) is 6.57. The smallest absolute Gasteiger partial charge is 0.319 e. The van der Waals surface area contributed by atoms with E-state index in [1.807, 2.05) is 55.5 Å². The minimum Gasteiger partial charge on any atom is -0.334 e. The molecule has 2 aromatic rings. The zero-order valence-electron chi connectivity index (χ0n) is 11.5. The van der Waals surface area contributed by atoms with Gasteiger partial charge in [-0.1, -0.05) is 42.0 Å². The Hall–Kier alpha value is -2.33. The van der Waals surface area contributed by atoms with Crippen molar-refractivity contribution in [2.24, 2.45) is 5.73 Å². The Kier molecular flexibility index (Phi) is 4.74. The van der Waals surface area contributed by atoms with Crippen LogP contribution in [0.4, 0.5) is 10.5 Å². The van der Waals surface area contributed by atoms with Crippen LogP contribution >= 0.6 is 0 Å². The van der Waals surface area contributed by atoms with Crippen LogP contribution in [-0.2, 0) is 13.1 Å². The molecule has 20 heavy (non-hydrogen) atoms. The third kappa shape index (κ3) is 3.83. The van der Waals surface area contributed by atoms with Gasteiger partial charge in [-0.05, 0) is 30.2 Å². The van der Waals surface area contributed by atoms with Gasteiger partial charge in [0.05, 0.1) is 0 Å². The van der Waals surface area contributed by atoms with Gasteiger partial charge in [0, 0.05) is 18.8 Å². The lowest BCUT2D eigenvalue weighted by atomic mass is 10.1. The monoisotopic (exact) mass is 269 g/mol. The number of anilines is 1. The van der Waals surface area contributed by atoms with E-state index in [0.717, 1.165) is 22.4 Å². The van der Waals surface area contributed by atoms with Gasteiger partial charge >= 0.3 is 6.03 Å². The number of rotatable bonds is 4. The fourth-order valence-corrected chi connectivity index (χ4v) is 1.92. The van der Waals surface area contributed by atoms with E-state index in [1.54, 1.807) is 0 Å². The Morgan fingerprint density at radius 2 is 1.70 bits per heavy atom. The first kappa shape index (κ1) is 14.1. The fourth-order valence-electron chi connectivity index (χ4n) is 1.92. The summed E-state index contributed by atoms with van der Waals surface area (Å²) in [6.45, 7) is 2.94. The molecule has 0 heterocycles. The lowest BCUT2D eigenvalue weighted by Crippen LogP contribution is -2.28. The summed E-state index contributed by atoms with van der Waals surface area (Å²) in [6.07, 6.45) is 0. The summed E-state index contributed by atoms with van der Waals surface area (Å²) in [5, 5.41) is 5.63. The molecule has 0 saturated carbocycles. The molecule has 2 aromatic carbocycles. The number of nitrogens with two attached hydrogens (primary N) is 1. The lowest BCUT2D eigenvalue weighted by molar-refractivity contribution is 0.251. The number of urea groups is 1. The maximum atomic E-state index is 11.8. The molecule has 4 heteroatoms. The van der Waals surface area contributed by atoms with Crippen LogP contribution in [0.2, 0.25) is 0 Å². The molecule has 0 aliphatic heterocycles. The number of aryl methyl sites for hydroxylation is 1. The maximum Gasteiger partial charge on any atom is 0.319 e. The second kappa shape index (κ2) is 6.73. The first-order chi connectivity index (χ1) is 9.69. The van der Waals surface area contributed by atoms with Gasteiger partial charge in [0.25, 0.3) is 0 Å². The summed E-state index contributed by atoms with van der Waals surface area (Å²) in [4.78, 5) is 11.8. The molecule has 0 aliphatic rings. The summed E-state index contributed by atoms with van der Waals surface area (Å²) in [5.74, 6) is 0. The summed E-state index contributed by atoms with van der Waals surface area (Å²) >= 11 is 0. The van der Waals surface area contributed by atoms with Gasteiger partial charge < -0.3 is 16.4 Å². The lowest BCUT2D eigenvalue weighted by Gasteiger charge is -2.10. The van der Waals surface area contributed by atoms with Crippen molar-refractivity contribution in [1.82, 2.24) is 5.32 Å². The maximum absolute atomic E-state index is 11.8. The van der Waals surface area contributed by atoms with Crippen molar-refractivity contribution in [2.75, 3.05) is 5.32 Å². The predicted octanol–water partition coefficient (Wildman–Crippen LogP) is 2.78. The van der Waals surface area contributed by atoms with Crippen LogP contribution < -0.4 is 16.4 Å². The Bertz CT molecular complexity index is 579. The molecule has 0 radical (unpaired) electrons. The quantitative estimate of drug-likeness (QED) is 0.799. The van der Waals surface area contributed by atoms with Crippen LogP contribution in [0.15, 0.2) is 48.5 Å². The SMILES string of the molecule is Cc1ccc(NC(=O)NCc2ccccc2CN)cc1. The van der Waals surface area contributed by atoms with E-state index in [1.165, 1.54) is 0 Å². The number of hydrogen-bond acceptors (Lipinski definition) is 2. The van der Waals surface area contributed by atoms with Gasteiger partial charge in [-0.25, -0.2) is 4.79 Å². The zero-order chi connectivity index (χ0) is 14.4. The average molecular weight is 269 g/mol. The minimum absolute atomic E-state index is 0.222. The van der Waals surface area contributed by atoms with Gasteiger partial charge in [0.15, 0.2) is 0 Å². The number of carbonyl (C=O) groups is 1. The Labute approximate surface area is 119 Å². The number of hydrogen-bond donors (Lipinski definition) is 3. The molecular weight excluding hydrogens is 250 g/mol. The number of nitrogens with one attached hydrogen (secondary N) is 2. The van der Waals surface area contributed by atoms with Crippen LogP contribution in [0, 0.1) is 6.92 Å². The molecule has 0 atom stereocenters. The van der Waals surface area contributed by atoms with E-state index in [4.69, 9.17) is 5.73 Å². The van der Waals surface area contributed by atoms with Gasteiger partial charge in [-0.15, -0.1) is 0 Å². The largest absolute Gasteiger partial charge is 0.334 e. The molecule has 0 unspecified atom stereocenters. The normalized spacial score (nSPS) is 10.1.